The monoisotopic (exact) mass is 340 g/mol. The lowest BCUT2D eigenvalue weighted by Gasteiger charge is -2.36. The summed E-state index contributed by atoms with van der Waals surface area (Å²) in [4.78, 5) is 25.5. The quantitative estimate of drug-likeness (QED) is 0.818. The minimum Gasteiger partial charge on any atom is -0.338 e. The number of rotatable bonds is 5. The van der Waals surface area contributed by atoms with Gasteiger partial charge in [-0.3, -0.25) is 19.4 Å². The fourth-order valence-corrected chi connectivity index (χ4v) is 4.07. The zero-order valence-electron chi connectivity index (χ0n) is 14.4. The zero-order chi connectivity index (χ0) is 17.1. The molecule has 0 N–H and O–H groups in total. The maximum absolute atomic E-state index is 12.7. The van der Waals surface area contributed by atoms with Crippen LogP contribution in [0.1, 0.15) is 24.8 Å². The molecular formula is C18H24N6O. The van der Waals surface area contributed by atoms with Crippen LogP contribution in [0.4, 0.5) is 0 Å². The average molecular weight is 340 g/mol. The largest absolute Gasteiger partial charge is 0.338 e. The highest BCUT2D eigenvalue weighted by atomic mass is 16.2. The molecule has 5 heterocycles. The number of hydrogen-bond acceptors (Lipinski definition) is 5. The van der Waals surface area contributed by atoms with Gasteiger partial charge in [-0.15, -0.1) is 0 Å². The second-order valence-electron chi connectivity index (χ2n) is 7.11. The highest BCUT2D eigenvalue weighted by molar-refractivity contribution is 5.76. The van der Waals surface area contributed by atoms with Gasteiger partial charge in [0, 0.05) is 51.0 Å². The van der Waals surface area contributed by atoms with Crippen molar-refractivity contribution in [2.45, 2.75) is 38.4 Å². The number of pyridine rings is 1. The van der Waals surface area contributed by atoms with E-state index >= 15 is 0 Å². The number of aryl methyl sites for hydroxylation is 1. The van der Waals surface area contributed by atoms with E-state index in [1.807, 2.05) is 18.5 Å². The van der Waals surface area contributed by atoms with E-state index in [0.29, 0.717) is 24.9 Å². The van der Waals surface area contributed by atoms with Gasteiger partial charge in [-0.2, -0.15) is 5.10 Å². The summed E-state index contributed by atoms with van der Waals surface area (Å²) in [5, 5.41) is 4.08. The molecule has 2 aromatic rings. The van der Waals surface area contributed by atoms with Crippen molar-refractivity contribution >= 4 is 5.91 Å². The Hall–Kier alpha value is -2.28. The molecule has 2 atom stereocenters. The molecule has 0 aliphatic carbocycles. The summed E-state index contributed by atoms with van der Waals surface area (Å²) in [6.07, 6.45) is 9.75. The zero-order valence-corrected chi connectivity index (χ0v) is 14.4. The van der Waals surface area contributed by atoms with Crippen molar-refractivity contribution in [1.29, 1.82) is 0 Å². The Labute approximate surface area is 147 Å². The summed E-state index contributed by atoms with van der Waals surface area (Å²) in [5.74, 6) is 0.819. The number of carbonyl (C=O) groups is 1. The van der Waals surface area contributed by atoms with Crippen LogP contribution in [0.15, 0.2) is 37.2 Å². The molecule has 2 bridgehead atoms. The van der Waals surface area contributed by atoms with Gasteiger partial charge in [0.25, 0.3) is 0 Å². The van der Waals surface area contributed by atoms with Crippen LogP contribution < -0.4 is 0 Å². The molecule has 3 fully saturated rings. The number of piperidine rings is 1. The topological polar surface area (TPSA) is 67.2 Å². The summed E-state index contributed by atoms with van der Waals surface area (Å²) < 4.78 is 1.72. The Morgan fingerprint density at radius 2 is 2.16 bits per heavy atom. The van der Waals surface area contributed by atoms with Crippen LogP contribution in [0.3, 0.4) is 0 Å². The molecular weight excluding hydrogens is 316 g/mol. The summed E-state index contributed by atoms with van der Waals surface area (Å²) in [6.45, 7) is 4.44. The Morgan fingerprint density at radius 3 is 2.96 bits per heavy atom. The third-order valence-electron chi connectivity index (χ3n) is 5.26. The van der Waals surface area contributed by atoms with E-state index < -0.39 is 0 Å². The Morgan fingerprint density at radius 1 is 1.20 bits per heavy atom. The number of carbonyl (C=O) groups excluding carboxylic acids is 1. The van der Waals surface area contributed by atoms with E-state index in [0.717, 1.165) is 32.6 Å². The van der Waals surface area contributed by atoms with E-state index in [-0.39, 0.29) is 5.91 Å². The standard InChI is InChI=1S/C18H24N6O/c25-18(5-7-23-14-20-13-21-23)24-11-16-3-4-17(24)12-22(10-16)9-15-2-1-6-19-8-15/h1-2,6,8,13-14,16-17H,3-5,7,9-12H2/t16-,17+/m1/s1. The van der Waals surface area contributed by atoms with Crippen LogP contribution in [0.5, 0.6) is 0 Å². The van der Waals surface area contributed by atoms with Gasteiger partial charge in [-0.05, 0) is 30.4 Å². The predicted octanol–water partition coefficient (Wildman–Crippen LogP) is 1.19. The molecule has 0 spiro atoms. The smallest absolute Gasteiger partial charge is 0.224 e. The van der Waals surface area contributed by atoms with Crippen molar-refractivity contribution in [1.82, 2.24) is 29.5 Å². The van der Waals surface area contributed by atoms with Gasteiger partial charge >= 0.3 is 0 Å². The van der Waals surface area contributed by atoms with Crippen molar-refractivity contribution < 1.29 is 4.79 Å². The summed E-state index contributed by atoms with van der Waals surface area (Å²) in [5.41, 5.74) is 1.24. The molecule has 7 heteroatoms. The molecule has 0 saturated carbocycles. The van der Waals surface area contributed by atoms with Crippen molar-refractivity contribution in [3.63, 3.8) is 0 Å². The SMILES string of the molecule is O=C(CCn1cncn1)N1C[C@@H]2CC[C@H]1CN(Cc1cccnc1)C2. The highest BCUT2D eigenvalue weighted by Crippen LogP contribution is 2.29. The number of hydrogen-bond donors (Lipinski definition) is 0. The van der Waals surface area contributed by atoms with Crippen molar-refractivity contribution in [2.75, 3.05) is 19.6 Å². The van der Waals surface area contributed by atoms with Gasteiger partial charge in [0.1, 0.15) is 12.7 Å². The van der Waals surface area contributed by atoms with Crippen LogP contribution in [0.2, 0.25) is 0 Å². The van der Waals surface area contributed by atoms with Crippen molar-refractivity contribution in [3.05, 3.63) is 42.7 Å². The second-order valence-corrected chi connectivity index (χ2v) is 7.11. The highest BCUT2D eigenvalue weighted by Gasteiger charge is 2.36. The van der Waals surface area contributed by atoms with Crippen molar-refractivity contribution in [3.8, 4) is 0 Å². The summed E-state index contributed by atoms with van der Waals surface area (Å²) >= 11 is 0. The number of fused-ring (bicyclic) bond motifs is 4. The van der Waals surface area contributed by atoms with Crippen molar-refractivity contribution in [2.24, 2.45) is 5.92 Å². The van der Waals surface area contributed by atoms with Crippen LogP contribution in [-0.2, 0) is 17.9 Å². The molecule has 0 unspecified atom stereocenters. The van der Waals surface area contributed by atoms with E-state index in [9.17, 15) is 4.79 Å². The summed E-state index contributed by atoms with van der Waals surface area (Å²) in [7, 11) is 0. The van der Waals surface area contributed by atoms with Gasteiger partial charge in [-0.1, -0.05) is 6.07 Å². The molecule has 3 aliphatic rings. The number of aromatic nitrogens is 4. The van der Waals surface area contributed by atoms with E-state index in [4.69, 9.17) is 0 Å². The molecule has 0 aromatic carbocycles. The average Bonchev–Trinajstić information content (AvgIpc) is 3.01. The molecule has 7 nitrogen and oxygen atoms in total. The Bertz CT molecular complexity index is 689. The first-order valence-electron chi connectivity index (χ1n) is 9.01. The molecule has 1 amide bonds. The molecule has 132 valence electrons. The van der Waals surface area contributed by atoms with E-state index in [1.54, 1.807) is 11.0 Å². The summed E-state index contributed by atoms with van der Waals surface area (Å²) in [6, 6.07) is 4.45. The molecule has 5 rings (SSSR count). The lowest BCUT2D eigenvalue weighted by molar-refractivity contribution is -0.135. The first-order chi connectivity index (χ1) is 12.3. The molecule has 0 radical (unpaired) electrons. The third-order valence-corrected chi connectivity index (χ3v) is 5.26. The van der Waals surface area contributed by atoms with Gasteiger partial charge in [0.15, 0.2) is 0 Å². The number of amides is 1. The van der Waals surface area contributed by atoms with Crippen LogP contribution in [0.25, 0.3) is 0 Å². The maximum Gasteiger partial charge on any atom is 0.224 e. The van der Waals surface area contributed by atoms with Crippen LogP contribution in [-0.4, -0.2) is 61.1 Å². The normalized spacial score (nSPS) is 23.6. The first kappa shape index (κ1) is 16.2. The van der Waals surface area contributed by atoms with Gasteiger partial charge < -0.3 is 4.90 Å². The van der Waals surface area contributed by atoms with Gasteiger partial charge in [0.05, 0.1) is 6.54 Å². The van der Waals surface area contributed by atoms with Crippen LogP contribution in [0, 0.1) is 5.92 Å². The van der Waals surface area contributed by atoms with Gasteiger partial charge in [0.2, 0.25) is 5.91 Å². The first-order valence-corrected chi connectivity index (χ1v) is 9.01. The minimum absolute atomic E-state index is 0.244. The molecule has 2 aromatic heterocycles. The number of nitrogens with zero attached hydrogens (tertiary/aromatic N) is 6. The van der Waals surface area contributed by atoms with E-state index in [2.05, 4.69) is 30.9 Å². The molecule has 3 aliphatic heterocycles. The fourth-order valence-electron chi connectivity index (χ4n) is 4.07. The van der Waals surface area contributed by atoms with Gasteiger partial charge in [-0.25, -0.2) is 4.98 Å². The molecule has 25 heavy (non-hydrogen) atoms. The lowest BCUT2D eigenvalue weighted by Crippen LogP contribution is -2.47. The maximum atomic E-state index is 12.7. The van der Waals surface area contributed by atoms with E-state index in [1.165, 1.54) is 18.3 Å². The lowest BCUT2D eigenvalue weighted by atomic mass is 9.94. The Balaban J connectivity index is 1.38. The fraction of sp³-hybridized carbons (Fsp3) is 0.556. The Kier molecular flexibility index (Phi) is 4.74. The van der Waals surface area contributed by atoms with Crippen LogP contribution >= 0.6 is 0 Å². The minimum atomic E-state index is 0.244. The molecule has 3 saturated heterocycles. The second kappa shape index (κ2) is 7.31. The third kappa shape index (κ3) is 3.87. The predicted molar refractivity (Wildman–Crippen MR) is 92.4 cm³/mol.